The molecule has 1 heterocycles. The van der Waals surface area contributed by atoms with E-state index in [1.54, 1.807) is 0 Å². The van der Waals surface area contributed by atoms with Gasteiger partial charge in [0.1, 0.15) is 5.75 Å². The van der Waals surface area contributed by atoms with Gasteiger partial charge in [0.2, 0.25) is 0 Å². The zero-order valence-corrected chi connectivity index (χ0v) is 13.4. The molecule has 20 heavy (non-hydrogen) atoms. The molecule has 0 spiro atoms. The fourth-order valence-corrected chi connectivity index (χ4v) is 3.09. The molecule has 0 saturated carbocycles. The van der Waals surface area contributed by atoms with Crippen molar-refractivity contribution in [3.05, 3.63) is 42.0 Å². The van der Waals surface area contributed by atoms with Crippen LogP contribution in [0.5, 0.6) is 5.75 Å². The highest BCUT2D eigenvalue weighted by atomic mass is 32.2. The summed E-state index contributed by atoms with van der Waals surface area (Å²) in [7, 11) is -1.12. The average Bonchev–Trinajstić information content (AvgIpc) is 2.38. The molecule has 0 unspecified atom stereocenters. The van der Waals surface area contributed by atoms with Crippen LogP contribution in [-0.4, -0.2) is 15.6 Å². The highest BCUT2D eigenvalue weighted by Crippen LogP contribution is 2.37. The van der Waals surface area contributed by atoms with Gasteiger partial charge in [0, 0.05) is 11.5 Å². The molecule has 3 nitrogen and oxygen atoms in total. The molecule has 0 saturated heterocycles. The number of hydrogen-bond donors (Lipinski definition) is 1. The summed E-state index contributed by atoms with van der Waals surface area (Å²) in [5, 5.41) is 0. The Morgan fingerprint density at radius 2 is 2.15 bits per heavy atom. The standard InChI is InChI=1S/C16H23NO2S/c1-6-12-10-19-14-8-7-11(2)9-13(14)15(12)17-20(18)16(3,4)5/h6-9,12,15,17H,1,10H2,2-5H3/t12-,15-,20+/m0/s1. The van der Waals surface area contributed by atoms with Gasteiger partial charge in [0.05, 0.1) is 28.4 Å². The van der Waals surface area contributed by atoms with Crippen molar-refractivity contribution < 1.29 is 8.95 Å². The van der Waals surface area contributed by atoms with Gasteiger partial charge in [-0.05, 0) is 33.8 Å². The summed E-state index contributed by atoms with van der Waals surface area (Å²) in [5.41, 5.74) is 2.24. The predicted molar refractivity (Wildman–Crippen MR) is 84.1 cm³/mol. The van der Waals surface area contributed by atoms with Crippen LogP contribution in [0.3, 0.4) is 0 Å². The van der Waals surface area contributed by atoms with Crippen LogP contribution >= 0.6 is 0 Å². The van der Waals surface area contributed by atoms with Crippen molar-refractivity contribution in [3.8, 4) is 5.75 Å². The largest absolute Gasteiger partial charge is 0.493 e. The lowest BCUT2D eigenvalue weighted by Gasteiger charge is -2.34. The van der Waals surface area contributed by atoms with Gasteiger partial charge in [-0.1, -0.05) is 23.8 Å². The molecule has 3 atom stereocenters. The van der Waals surface area contributed by atoms with E-state index in [9.17, 15) is 4.21 Å². The zero-order chi connectivity index (χ0) is 14.9. The first-order valence-electron chi connectivity index (χ1n) is 6.87. The molecule has 1 aliphatic heterocycles. The number of aryl methyl sites for hydroxylation is 1. The zero-order valence-electron chi connectivity index (χ0n) is 12.6. The van der Waals surface area contributed by atoms with E-state index in [2.05, 4.69) is 24.3 Å². The van der Waals surface area contributed by atoms with Gasteiger partial charge < -0.3 is 4.74 Å². The molecule has 0 fully saturated rings. The molecule has 1 aromatic rings. The van der Waals surface area contributed by atoms with Crippen LogP contribution in [0.25, 0.3) is 0 Å². The Balaban J connectivity index is 2.35. The third kappa shape index (κ3) is 3.13. The predicted octanol–water partition coefficient (Wildman–Crippen LogP) is 3.28. The van der Waals surface area contributed by atoms with E-state index in [1.165, 1.54) is 5.56 Å². The maximum Gasteiger partial charge on any atom is 0.124 e. The first-order valence-corrected chi connectivity index (χ1v) is 8.02. The van der Waals surface area contributed by atoms with E-state index < -0.39 is 11.0 Å². The summed E-state index contributed by atoms with van der Waals surface area (Å²) in [6.07, 6.45) is 1.88. The third-order valence-corrected chi connectivity index (χ3v) is 5.03. The Morgan fingerprint density at radius 3 is 2.75 bits per heavy atom. The molecule has 0 bridgehead atoms. The van der Waals surface area contributed by atoms with Crippen LogP contribution in [0.1, 0.15) is 37.9 Å². The molecule has 1 aromatic carbocycles. The topological polar surface area (TPSA) is 38.3 Å². The molecule has 4 heteroatoms. The molecule has 110 valence electrons. The molecule has 0 radical (unpaired) electrons. The number of rotatable bonds is 3. The summed E-state index contributed by atoms with van der Waals surface area (Å²) in [4.78, 5) is 0. The Hall–Kier alpha value is -1.13. The van der Waals surface area contributed by atoms with Gasteiger partial charge >= 0.3 is 0 Å². The second-order valence-electron chi connectivity index (χ2n) is 6.23. The lowest BCUT2D eigenvalue weighted by molar-refractivity contribution is 0.218. The third-order valence-electron chi connectivity index (χ3n) is 3.45. The van der Waals surface area contributed by atoms with Gasteiger partial charge in [-0.2, -0.15) is 0 Å². The summed E-state index contributed by atoms with van der Waals surface area (Å²) in [6, 6.07) is 6.10. The molecule has 1 aliphatic rings. The molecule has 2 rings (SSSR count). The van der Waals surface area contributed by atoms with E-state index in [0.717, 1.165) is 11.3 Å². The first-order chi connectivity index (χ1) is 9.32. The lowest BCUT2D eigenvalue weighted by atomic mass is 9.90. The SMILES string of the molecule is C=C[C@H]1COc2ccc(C)cc2[C@H]1N[S@](=O)C(C)(C)C. The van der Waals surface area contributed by atoms with Crippen molar-refractivity contribution in [3.63, 3.8) is 0 Å². The molecule has 0 amide bonds. The normalized spacial score (nSPS) is 23.6. The van der Waals surface area contributed by atoms with Crippen molar-refractivity contribution in [2.75, 3.05) is 6.61 Å². The van der Waals surface area contributed by atoms with Gasteiger partial charge in [0.25, 0.3) is 0 Å². The van der Waals surface area contributed by atoms with Crippen LogP contribution in [0.15, 0.2) is 30.9 Å². The molecule has 0 aromatic heterocycles. The molecular weight excluding hydrogens is 270 g/mol. The van der Waals surface area contributed by atoms with Gasteiger partial charge in [-0.15, -0.1) is 6.58 Å². The van der Waals surface area contributed by atoms with Gasteiger partial charge in [-0.3, -0.25) is 0 Å². The van der Waals surface area contributed by atoms with Crippen LogP contribution in [0.2, 0.25) is 0 Å². The van der Waals surface area contributed by atoms with Crippen LogP contribution in [0, 0.1) is 12.8 Å². The minimum absolute atomic E-state index is 0.0174. The first kappa shape index (κ1) is 15.3. The maximum atomic E-state index is 12.4. The van der Waals surface area contributed by atoms with E-state index in [4.69, 9.17) is 4.74 Å². The molecular formula is C16H23NO2S. The Labute approximate surface area is 124 Å². The Bertz CT molecular complexity index is 534. The second kappa shape index (κ2) is 5.70. The van der Waals surface area contributed by atoms with Crippen molar-refractivity contribution in [1.82, 2.24) is 4.72 Å². The van der Waals surface area contributed by atoms with Gasteiger partial charge in [-0.25, -0.2) is 8.93 Å². The summed E-state index contributed by atoms with van der Waals surface area (Å²) in [6.45, 7) is 12.4. The van der Waals surface area contributed by atoms with Crippen LogP contribution in [0.4, 0.5) is 0 Å². The minimum Gasteiger partial charge on any atom is -0.493 e. The maximum absolute atomic E-state index is 12.4. The van der Waals surface area contributed by atoms with E-state index >= 15 is 0 Å². The number of hydrogen-bond acceptors (Lipinski definition) is 2. The number of nitrogens with one attached hydrogen (secondary N) is 1. The Kier molecular flexibility index (Phi) is 4.35. The van der Waals surface area contributed by atoms with Crippen LogP contribution < -0.4 is 9.46 Å². The monoisotopic (exact) mass is 293 g/mol. The van der Waals surface area contributed by atoms with E-state index in [0.29, 0.717) is 6.61 Å². The Morgan fingerprint density at radius 1 is 1.45 bits per heavy atom. The van der Waals surface area contributed by atoms with Crippen molar-refractivity contribution >= 4 is 11.0 Å². The quantitative estimate of drug-likeness (QED) is 0.869. The van der Waals surface area contributed by atoms with Gasteiger partial charge in [0.15, 0.2) is 0 Å². The summed E-state index contributed by atoms with van der Waals surface area (Å²) in [5.74, 6) is 0.993. The average molecular weight is 293 g/mol. The highest BCUT2D eigenvalue weighted by molar-refractivity contribution is 7.84. The number of fused-ring (bicyclic) bond motifs is 1. The fourth-order valence-electron chi connectivity index (χ4n) is 2.20. The minimum atomic E-state index is -1.12. The number of ether oxygens (including phenoxy) is 1. The fraction of sp³-hybridized carbons (Fsp3) is 0.500. The van der Waals surface area contributed by atoms with Crippen molar-refractivity contribution in [1.29, 1.82) is 0 Å². The lowest BCUT2D eigenvalue weighted by Crippen LogP contribution is -2.41. The number of benzene rings is 1. The van der Waals surface area contributed by atoms with Crippen LogP contribution in [-0.2, 0) is 11.0 Å². The summed E-state index contributed by atoms with van der Waals surface area (Å²) < 4.78 is 21.1. The second-order valence-corrected chi connectivity index (χ2v) is 8.23. The molecule has 1 N–H and O–H groups in total. The smallest absolute Gasteiger partial charge is 0.124 e. The summed E-state index contributed by atoms with van der Waals surface area (Å²) >= 11 is 0. The van der Waals surface area contributed by atoms with E-state index in [1.807, 2.05) is 39.0 Å². The van der Waals surface area contributed by atoms with Crippen molar-refractivity contribution in [2.24, 2.45) is 5.92 Å². The highest BCUT2D eigenvalue weighted by Gasteiger charge is 2.32. The van der Waals surface area contributed by atoms with Crippen molar-refractivity contribution in [2.45, 2.75) is 38.5 Å². The van der Waals surface area contributed by atoms with E-state index in [-0.39, 0.29) is 16.7 Å². The molecule has 0 aliphatic carbocycles.